The van der Waals surface area contributed by atoms with Crippen molar-refractivity contribution < 1.29 is 0 Å². The van der Waals surface area contributed by atoms with Crippen molar-refractivity contribution in [3.8, 4) is 12.3 Å². The van der Waals surface area contributed by atoms with Crippen LogP contribution in [0.15, 0.2) is 23.8 Å². The van der Waals surface area contributed by atoms with Crippen molar-refractivity contribution in [3.63, 3.8) is 0 Å². The van der Waals surface area contributed by atoms with E-state index in [4.69, 9.17) is 6.42 Å². The fraction of sp³-hybridized carbons (Fsp3) is 0.571. The van der Waals surface area contributed by atoms with E-state index >= 15 is 0 Å². The SMILES string of the molecule is C#CC(C1=CCCC=C1)N1CCCCC1. The minimum Gasteiger partial charge on any atom is -0.286 e. The minimum atomic E-state index is 0.224. The van der Waals surface area contributed by atoms with E-state index in [1.165, 1.54) is 44.3 Å². The van der Waals surface area contributed by atoms with Crippen molar-refractivity contribution in [2.24, 2.45) is 0 Å². The van der Waals surface area contributed by atoms with Crippen molar-refractivity contribution in [2.45, 2.75) is 38.1 Å². The number of piperidine rings is 1. The van der Waals surface area contributed by atoms with Crippen LogP contribution >= 0.6 is 0 Å². The van der Waals surface area contributed by atoms with Gasteiger partial charge in [0.2, 0.25) is 0 Å². The van der Waals surface area contributed by atoms with Crippen molar-refractivity contribution in [1.29, 1.82) is 0 Å². The van der Waals surface area contributed by atoms with Crippen molar-refractivity contribution in [2.75, 3.05) is 13.1 Å². The lowest BCUT2D eigenvalue weighted by atomic mass is 9.97. The van der Waals surface area contributed by atoms with Gasteiger partial charge in [0.25, 0.3) is 0 Å². The maximum atomic E-state index is 5.67. The Labute approximate surface area is 92.9 Å². The van der Waals surface area contributed by atoms with Crippen LogP contribution in [-0.4, -0.2) is 24.0 Å². The molecule has 15 heavy (non-hydrogen) atoms. The lowest BCUT2D eigenvalue weighted by Crippen LogP contribution is -2.39. The van der Waals surface area contributed by atoms with Gasteiger partial charge in [0.1, 0.15) is 0 Å². The second kappa shape index (κ2) is 5.19. The van der Waals surface area contributed by atoms with Crippen LogP contribution in [0.3, 0.4) is 0 Å². The van der Waals surface area contributed by atoms with E-state index in [-0.39, 0.29) is 6.04 Å². The molecule has 0 N–H and O–H groups in total. The number of terminal acetylenes is 1. The van der Waals surface area contributed by atoms with Gasteiger partial charge in [-0.3, -0.25) is 4.90 Å². The standard InChI is InChI=1S/C14H19N/c1-2-14(13-9-5-3-6-10-13)15-11-7-4-8-12-15/h1,5,9-10,14H,3-4,6-8,11-12H2. The van der Waals surface area contributed by atoms with Gasteiger partial charge in [-0.15, -0.1) is 6.42 Å². The van der Waals surface area contributed by atoms with Crippen LogP contribution in [0.2, 0.25) is 0 Å². The summed E-state index contributed by atoms with van der Waals surface area (Å²) >= 11 is 0. The highest BCUT2D eigenvalue weighted by molar-refractivity contribution is 5.34. The fourth-order valence-electron chi connectivity index (χ4n) is 2.43. The average Bonchev–Trinajstić information content (AvgIpc) is 2.33. The highest BCUT2D eigenvalue weighted by atomic mass is 15.2. The van der Waals surface area contributed by atoms with Crippen LogP contribution in [-0.2, 0) is 0 Å². The predicted octanol–water partition coefficient (Wildman–Crippen LogP) is 2.75. The molecule has 0 bridgehead atoms. The van der Waals surface area contributed by atoms with Crippen molar-refractivity contribution in [1.82, 2.24) is 4.90 Å². The Morgan fingerprint density at radius 2 is 2.00 bits per heavy atom. The summed E-state index contributed by atoms with van der Waals surface area (Å²) in [5, 5.41) is 0. The molecule has 1 fully saturated rings. The molecule has 0 amide bonds. The Morgan fingerprint density at radius 3 is 2.60 bits per heavy atom. The minimum absolute atomic E-state index is 0.224. The summed E-state index contributed by atoms with van der Waals surface area (Å²) in [4.78, 5) is 2.45. The van der Waals surface area contributed by atoms with E-state index in [0.717, 1.165) is 6.42 Å². The molecule has 0 radical (unpaired) electrons. The first kappa shape index (κ1) is 10.5. The first-order valence-electron chi connectivity index (χ1n) is 5.98. The molecule has 1 saturated heterocycles. The molecule has 0 aromatic heterocycles. The van der Waals surface area contributed by atoms with Crippen LogP contribution in [0.5, 0.6) is 0 Å². The Morgan fingerprint density at radius 1 is 1.20 bits per heavy atom. The molecule has 0 aromatic rings. The topological polar surface area (TPSA) is 3.24 Å². The molecule has 0 aromatic carbocycles. The highest BCUT2D eigenvalue weighted by Crippen LogP contribution is 2.21. The quantitative estimate of drug-likeness (QED) is 0.621. The van der Waals surface area contributed by atoms with E-state index in [1.807, 2.05) is 0 Å². The van der Waals surface area contributed by atoms with Gasteiger partial charge in [-0.05, 0) is 44.3 Å². The monoisotopic (exact) mass is 201 g/mol. The molecule has 80 valence electrons. The molecule has 1 unspecified atom stereocenters. The maximum absolute atomic E-state index is 5.67. The van der Waals surface area contributed by atoms with Gasteiger partial charge >= 0.3 is 0 Å². The number of hydrogen-bond acceptors (Lipinski definition) is 1. The second-order valence-corrected chi connectivity index (χ2v) is 4.35. The number of allylic oxidation sites excluding steroid dienone is 2. The fourth-order valence-corrected chi connectivity index (χ4v) is 2.43. The van der Waals surface area contributed by atoms with Crippen molar-refractivity contribution >= 4 is 0 Å². The predicted molar refractivity (Wildman–Crippen MR) is 64.5 cm³/mol. The molecular formula is C14H19N. The Kier molecular flexibility index (Phi) is 3.64. The van der Waals surface area contributed by atoms with Gasteiger partial charge in [-0.25, -0.2) is 0 Å². The van der Waals surface area contributed by atoms with Crippen LogP contribution in [0.25, 0.3) is 0 Å². The zero-order valence-corrected chi connectivity index (χ0v) is 9.28. The summed E-state index contributed by atoms with van der Waals surface area (Å²) < 4.78 is 0. The first-order valence-corrected chi connectivity index (χ1v) is 5.98. The van der Waals surface area contributed by atoms with E-state index in [9.17, 15) is 0 Å². The molecule has 1 aliphatic heterocycles. The summed E-state index contributed by atoms with van der Waals surface area (Å²) in [7, 11) is 0. The molecule has 1 aliphatic carbocycles. The van der Waals surface area contributed by atoms with Crippen LogP contribution in [0.1, 0.15) is 32.1 Å². The van der Waals surface area contributed by atoms with Gasteiger partial charge in [-0.1, -0.05) is 30.6 Å². The molecule has 2 aliphatic rings. The van der Waals surface area contributed by atoms with Crippen LogP contribution < -0.4 is 0 Å². The Balaban J connectivity index is 2.06. The van der Waals surface area contributed by atoms with Gasteiger partial charge in [0.05, 0.1) is 6.04 Å². The number of rotatable bonds is 2. The van der Waals surface area contributed by atoms with Gasteiger partial charge < -0.3 is 0 Å². The summed E-state index contributed by atoms with van der Waals surface area (Å²) in [6.07, 6.45) is 18.7. The normalized spacial score (nSPS) is 24.3. The van der Waals surface area contributed by atoms with Gasteiger partial charge in [0, 0.05) is 0 Å². The van der Waals surface area contributed by atoms with E-state index < -0.39 is 0 Å². The van der Waals surface area contributed by atoms with E-state index in [1.54, 1.807) is 0 Å². The Hall–Kier alpha value is -1.00. The molecule has 1 nitrogen and oxygen atoms in total. The number of hydrogen-bond donors (Lipinski definition) is 0. The lowest BCUT2D eigenvalue weighted by molar-refractivity contribution is 0.216. The average molecular weight is 201 g/mol. The smallest absolute Gasteiger partial charge is 0.0964 e. The summed E-state index contributed by atoms with van der Waals surface area (Å²) in [5.74, 6) is 2.95. The van der Waals surface area contributed by atoms with Crippen LogP contribution in [0.4, 0.5) is 0 Å². The molecular weight excluding hydrogens is 182 g/mol. The summed E-state index contributed by atoms with van der Waals surface area (Å²) in [5.41, 5.74) is 1.34. The van der Waals surface area contributed by atoms with E-state index in [0.29, 0.717) is 0 Å². The first-order chi connectivity index (χ1) is 7.42. The zero-order chi connectivity index (χ0) is 10.5. The largest absolute Gasteiger partial charge is 0.286 e. The second-order valence-electron chi connectivity index (χ2n) is 4.35. The third-order valence-electron chi connectivity index (χ3n) is 3.25. The van der Waals surface area contributed by atoms with Crippen molar-refractivity contribution in [3.05, 3.63) is 23.8 Å². The number of likely N-dealkylation sites (tertiary alicyclic amines) is 1. The molecule has 2 rings (SSSR count). The zero-order valence-electron chi connectivity index (χ0n) is 9.28. The number of nitrogens with zero attached hydrogens (tertiary/aromatic N) is 1. The molecule has 1 heterocycles. The third kappa shape index (κ3) is 2.52. The lowest BCUT2D eigenvalue weighted by Gasteiger charge is -2.32. The third-order valence-corrected chi connectivity index (χ3v) is 3.25. The molecule has 0 spiro atoms. The summed E-state index contributed by atoms with van der Waals surface area (Å²) in [6.45, 7) is 2.33. The molecule has 1 heteroatoms. The van der Waals surface area contributed by atoms with E-state index in [2.05, 4.69) is 29.0 Å². The van der Waals surface area contributed by atoms with Gasteiger partial charge in [-0.2, -0.15) is 0 Å². The molecule has 0 saturated carbocycles. The summed E-state index contributed by atoms with van der Waals surface area (Å²) in [6, 6.07) is 0.224. The molecule has 1 atom stereocenters. The highest BCUT2D eigenvalue weighted by Gasteiger charge is 2.21. The maximum Gasteiger partial charge on any atom is 0.0964 e. The van der Waals surface area contributed by atoms with Gasteiger partial charge in [0.15, 0.2) is 0 Å². The van der Waals surface area contributed by atoms with Crippen LogP contribution in [0, 0.1) is 12.3 Å². The Bertz CT molecular complexity index is 300.